The van der Waals surface area contributed by atoms with E-state index in [0.717, 1.165) is 0 Å². The van der Waals surface area contributed by atoms with Crippen molar-refractivity contribution >= 4 is 11.9 Å². The van der Waals surface area contributed by atoms with Crippen LogP contribution in [0.1, 0.15) is 54.9 Å². The van der Waals surface area contributed by atoms with Crippen molar-refractivity contribution in [3.8, 4) is 0 Å². The van der Waals surface area contributed by atoms with Crippen molar-refractivity contribution in [1.29, 1.82) is 0 Å². The molecule has 0 bridgehead atoms. The van der Waals surface area contributed by atoms with Crippen molar-refractivity contribution in [3.05, 3.63) is 0 Å². The Balaban J connectivity index is 5.07. The highest BCUT2D eigenvalue weighted by atomic mass is 19.4. The molecular weight excluding hydrogens is 413 g/mol. The predicted molar refractivity (Wildman–Crippen MR) is 89.5 cm³/mol. The van der Waals surface area contributed by atoms with Crippen LogP contribution in [-0.4, -0.2) is 43.2 Å². The number of hydrogen-bond donors (Lipinski definition) is 0. The van der Waals surface area contributed by atoms with Gasteiger partial charge in [0.15, 0.2) is 13.2 Å². The molecule has 1 atom stereocenters. The molecule has 0 saturated carbocycles. The molecule has 0 saturated heterocycles. The first-order valence-corrected chi connectivity index (χ1v) is 8.63. The first-order chi connectivity index (χ1) is 12.5. The van der Waals surface area contributed by atoms with E-state index in [1.54, 1.807) is 27.7 Å². The standard InChI is InChI=1S/C18H27F7O4/c1-13(2,3)9-15(7,14(4,5)6)12(27)28-8-11(26)29-10-16(19,20)17(21,22)18(23,24)25/h8-10H2,1-7H3. The number of esters is 2. The summed E-state index contributed by atoms with van der Waals surface area (Å²) in [4.78, 5) is 24.0. The SMILES string of the molecule is CC(C)(C)CC(C)(C(=O)OCC(=O)OCC(F)(F)C(F)(F)C(F)(F)F)C(C)(C)C. The Labute approximate surface area is 165 Å². The Hall–Kier alpha value is -1.55. The molecule has 4 nitrogen and oxygen atoms in total. The second-order valence-electron chi connectivity index (χ2n) is 9.33. The van der Waals surface area contributed by atoms with E-state index in [9.17, 15) is 40.3 Å². The lowest BCUT2D eigenvalue weighted by Crippen LogP contribution is -2.54. The van der Waals surface area contributed by atoms with Crippen molar-refractivity contribution in [2.24, 2.45) is 16.2 Å². The van der Waals surface area contributed by atoms with Crippen molar-refractivity contribution in [2.75, 3.05) is 13.2 Å². The van der Waals surface area contributed by atoms with Gasteiger partial charge in [0, 0.05) is 0 Å². The molecule has 0 aromatic heterocycles. The molecule has 0 aliphatic rings. The summed E-state index contributed by atoms with van der Waals surface area (Å²) in [6.07, 6.45) is -6.20. The molecule has 0 aliphatic heterocycles. The highest BCUT2D eigenvalue weighted by molar-refractivity contribution is 5.80. The van der Waals surface area contributed by atoms with Gasteiger partial charge in [0.1, 0.15) is 0 Å². The van der Waals surface area contributed by atoms with Gasteiger partial charge in [0.2, 0.25) is 0 Å². The van der Waals surface area contributed by atoms with Crippen LogP contribution in [0.2, 0.25) is 0 Å². The van der Waals surface area contributed by atoms with Crippen LogP contribution in [0.3, 0.4) is 0 Å². The minimum absolute atomic E-state index is 0.327. The minimum Gasteiger partial charge on any atom is -0.456 e. The van der Waals surface area contributed by atoms with Gasteiger partial charge in [-0.3, -0.25) is 4.79 Å². The lowest BCUT2D eigenvalue weighted by atomic mass is 9.61. The van der Waals surface area contributed by atoms with Gasteiger partial charge in [-0.25, -0.2) is 4.79 Å². The minimum atomic E-state index is -6.53. The molecule has 29 heavy (non-hydrogen) atoms. The van der Waals surface area contributed by atoms with Crippen LogP contribution in [-0.2, 0) is 19.1 Å². The second kappa shape index (κ2) is 8.29. The molecule has 1 unspecified atom stereocenters. The van der Waals surface area contributed by atoms with Gasteiger partial charge in [0.05, 0.1) is 5.41 Å². The van der Waals surface area contributed by atoms with Crippen LogP contribution in [0.5, 0.6) is 0 Å². The number of halogens is 7. The molecule has 0 amide bonds. The quantitative estimate of drug-likeness (QED) is 0.393. The van der Waals surface area contributed by atoms with E-state index in [4.69, 9.17) is 4.74 Å². The van der Waals surface area contributed by atoms with Gasteiger partial charge in [-0.1, -0.05) is 41.5 Å². The number of rotatable bonds is 7. The summed E-state index contributed by atoms with van der Waals surface area (Å²) in [6, 6.07) is 0. The summed E-state index contributed by atoms with van der Waals surface area (Å²) in [7, 11) is 0. The lowest BCUT2D eigenvalue weighted by molar-refractivity contribution is -0.359. The topological polar surface area (TPSA) is 52.6 Å². The fraction of sp³-hybridized carbons (Fsp3) is 0.889. The van der Waals surface area contributed by atoms with Crippen LogP contribution in [0, 0.1) is 16.2 Å². The first kappa shape index (κ1) is 27.5. The molecule has 0 N–H and O–H groups in total. The van der Waals surface area contributed by atoms with E-state index in [1.165, 1.54) is 0 Å². The average Bonchev–Trinajstić information content (AvgIpc) is 2.46. The lowest BCUT2D eigenvalue weighted by Gasteiger charge is -2.43. The van der Waals surface area contributed by atoms with Crippen molar-refractivity contribution in [3.63, 3.8) is 0 Å². The van der Waals surface area contributed by atoms with Gasteiger partial charge >= 0.3 is 30.0 Å². The van der Waals surface area contributed by atoms with E-state index < -0.39 is 54.0 Å². The molecule has 0 fully saturated rings. The van der Waals surface area contributed by atoms with Gasteiger partial charge in [-0.2, -0.15) is 30.7 Å². The third kappa shape index (κ3) is 6.74. The third-order valence-electron chi connectivity index (χ3n) is 4.54. The maximum atomic E-state index is 13.1. The summed E-state index contributed by atoms with van der Waals surface area (Å²) >= 11 is 0. The monoisotopic (exact) mass is 440 g/mol. The Morgan fingerprint density at radius 2 is 1.21 bits per heavy atom. The van der Waals surface area contributed by atoms with E-state index in [-0.39, 0.29) is 5.41 Å². The number of hydrogen-bond acceptors (Lipinski definition) is 4. The molecule has 0 spiro atoms. The summed E-state index contributed by atoms with van der Waals surface area (Å²) in [5.41, 5.74) is -2.07. The molecule has 0 heterocycles. The summed E-state index contributed by atoms with van der Waals surface area (Å²) in [6.45, 7) is 8.69. The zero-order valence-corrected chi connectivity index (χ0v) is 17.4. The zero-order valence-electron chi connectivity index (χ0n) is 17.4. The van der Waals surface area contributed by atoms with Crippen LogP contribution < -0.4 is 0 Å². The number of ether oxygens (including phenoxy) is 2. The van der Waals surface area contributed by atoms with Crippen molar-refractivity contribution in [1.82, 2.24) is 0 Å². The van der Waals surface area contributed by atoms with E-state index in [0.29, 0.717) is 6.42 Å². The molecule has 172 valence electrons. The van der Waals surface area contributed by atoms with E-state index in [1.807, 2.05) is 20.8 Å². The average molecular weight is 440 g/mol. The summed E-state index contributed by atoms with van der Waals surface area (Å²) in [5.74, 6) is -14.6. The molecule has 11 heteroatoms. The highest BCUT2D eigenvalue weighted by Crippen LogP contribution is 2.48. The van der Waals surface area contributed by atoms with Gasteiger partial charge in [0.25, 0.3) is 0 Å². The maximum Gasteiger partial charge on any atom is 0.460 e. The first-order valence-electron chi connectivity index (χ1n) is 8.63. The van der Waals surface area contributed by atoms with Crippen molar-refractivity contribution < 1.29 is 49.8 Å². The predicted octanol–water partition coefficient (Wildman–Crippen LogP) is 5.39. The van der Waals surface area contributed by atoms with Gasteiger partial charge in [-0.15, -0.1) is 0 Å². The molecule has 0 aliphatic carbocycles. The van der Waals surface area contributed by atoms with Crippen LogP contribution in [0.15, 0.2) is 0 Å². The molecule has 0 aromatic carbocycles. The second-order valence-corrected chi connectivity index (χ2v) is 9.33. The zero-order chi connectivity index (χ0) is 23.7. The van der Waals surface area contributed by atoms with Crippen LogP contribution in [0.25, 0.3) is 0 Å². The van der Waals surface area contributed by atoms with Crippen LogP contribution in [0.4, 0.5) is 30.7 Å². The Kier molecular flexibility index (Phi) is 7.85. The molecule has 0 radical (unpaired) electrons. The summed E-state index contributed by atoms with van der Waals surface area (Å²) < 4.78 is 96.5. The van der Waals surface area contributed by atoms with Gasteiger partial charge < -0.3 is 9.47 Å². The fourth-order valence-electron chi connectivity index (χ4n) is 2.50. The normalized spacial score (nSPS) is 16.2. The smallest absolute Gasteiger partial charge is 0.456 e. The molecule has 0 rings (SSSR count). The van der Waals surface area contributed by atoms with Crippen molar-refractivity contribution in [2.45, 2.75) is 72.9 Å². The largest absolute Gasteiger partial charge is 0.460 e. The Morgan fingerprint density at radius 3 is 1.55 bits per heavy atom. The summed E-state index contributed by atoms with van der Waals surface area (Å²) in [5, 5.41) is 0. The highest BCUT2D eigenvalue weighted by Gasteiger charge is 2.73. The maximum absolute atomic E-state index is 13.1. The number of alkyl halides is 7. The number of carbonyl (C=O) groups is 2. The third-order valence-corrected chi connectivity index (χ3v) is 4.54. The van der Waals surface area contributed by atoms with E-state index >= 15 is 0 Å². The fourth-order valence-corrected chi connectivity index (χ4v) is 2.50. The Bertz CT molecular complexity index is 601. The molecular formula is C18H27F7O4. The van der Waals surface area contributed by atoms with Gasteiger partial charge in [-0.05, 0) is 24.2 Å². The van der Waals surface area contributed by atoms with Crippen LogP contribution >= 0.6 is 0 Å². The Morgan fingerprint density at radius 1 is 0.759 bits per heavy atom. The number of carbonyl (C=O) groups excluding carboxylic acids is 2. The molecule has 0 aromatic rings. The van der Waals surface area contributed by atoms with E-state index in [2.05, 4.69) is 4.74 Å².